The van der Waals surface area contributed by atoms with Crippen LogP contribution < -0.4 is 0 Å². The summed E-state index contributed by atoms with van der Waals surface area (Å²) in [4.78, 5) is 16.9. The molecule has 4 nitrogen and oxygen atoms in total. The third-order valence-electron chi connectivity index (χ3n) is 3.40. The minimum absolute atomic E-state index is 0.0146. The van der Waals surface area contributed by atoms with Crippen molar-refractivity contribution in [2.45, 2.75) is 13.3 Å². The van der Waals surface area contributed by atoms with Crippen LogP contribution in [0.15, 0.2) is 42.9 Å². The Hall–Kier alpha value is -2.49. The first-order valence-corrected chi connectivity index (χ1v) is 6.60. The van der Waals surface area contributed by atoms with E-state index in [0.29, 0.717) is 11.1 Å². The quantitative estimate of drug-likeness (QED) is 0.684. The number of hydrogen-bond acceptors (Lipinski definition) is 3. The molecular formula is C16H15N3O. The molecule has 100 valence electrons. The molecule has 1 aromatic carbocycles. The van der Waals surface area contributed by atoms with Gasteiger partial charge >= 0.3 is 0 Å². The summed E-state index contributed by atoms with van der Waals surface area (Å²) >= 11 is 0. The van der Waals surface area contributed by atoms with Crippen molar-refractivity contribution in [3.05, 3.63) is 59.7 Å². The van der Waals surface area contributed by atoms with E-state index in [9.17, 15) is 4.79 Å². The van der Waals surface area contributed by atoms with Crippen LogP contribution >= 0.6 is 0 Å². The van der Waals surface area contributed by atoms with E-state index in [0.717, 1.165) is 22.9 Å². The Morgan fingerprint density at radius 1 is 1.20 bits per heavy atom. The van der Waals surface area contributed by atoms with Gasteiger partial charge in [0.05, 0.1) is 11.3 Å². The standard InChI is InChI=1S/C16H15N3O/c1-3-15-14(10-19(2)18-15)16(20)13-9-17-8-11-6-4-5-7-12(11)13/h4-10H,3H2,1-2H3. The Morgan fingerprint density at radius 2 is 2.00 bits per heavy atom. The topological polar surface area (TPSA) is 47.8 Å². The first-order valence-electron chi connectivity index (χ1n) is 6.60. The maximum atomic E-state index is 12.8. The third-order valence-corrected chi connectivity index (χ3v) is 3.40. The van der Waals surface area contributed by atoms with Gasteiger partial charge in [-0.05, 0) is 11.8 Å². The molecule has 0 atom stereocenters. The lowest BCUT2D eigenvalue weighted by Gasteiger charge is -2.04. The molecule has 0 fully saturated rings. The van der Waals surface area contributed by atoms with Crippen molar-refractivity contribution in [3.63, 3.8) is 0 Å². The molecule has 0 aliphatic heterocycles. The van der Waals surface area contributed by atoms with E-state index in [4.69, 9.17) is 0 Å². The molecule has 0 spiro atoms. The van der Waals surface area contributed by atoms with Crippen molar-refractivity contribution in [1.29, 1.82) is 0 Å². The molecule has 0 N–H and O–H groups in total. The molecule has 0 amide bonds. The van der Waals surface area contributed by atoms with Crippen LogP contribution in [-0.2, 0) is 13.5 Å². The van der Waals surface area contributed by atoms with Gasteiger partial charge in [-0.15, -0.1) is 0 Å². The molecule has 0 unspecified atom stereocenters. The molecule has 2 aromatic heterocycles. The number of rotatable bonds is 3. The van der Waals surface area contributed by atoms with Gasteiger partial charge in [-0.3, -0.25) is 14.5 Å². The van der Waals surface area contributed by atoms with E-state index in [-0.39, 0.29) is 5.78 Å². The van der Waals surface area contributed by atoms with Crippen LogP contribution in [0.4, 0.5) is 0 Å². The van der Waals surface area contributed by atoms with E-state index < -0.39 is 0 Å². The Labute approximate surface area is 117 Å². The fourth-order valence-electron chi connectivity index (χ4n) is 2.43. The molecule has 0 saturated heterocycles. The average Bonchev–Trinajstić information content (AvgIpc) is 2.87. The third kappa shape index (κ3) is 1.99. The summed E-state index contributed by atoms with van der Waals surface area (Å²) in [5, 5.41) is 6.23. The monoisotopic (exact) mass is 265 g/mol. The molecular weight excluding hydrogens is 250 g/mol. The van der Waals surface area contributed by atoms with Gasteiger partial charge in [-0.25, -0.2) is 0 Å². The van der Waals surface area contributed by atoms with Crippen molar-refractivity contribution >= 4 is 16.6 Å². The summed E-state index contributed by atoms with van der Waals surface area (Å²) in [5.74, 6) is -0.0146. The van der Waals surface area contributed by atoms with E-state index in [1.165, 1.54) is 0 Å². The second-order valence-corrected chi connectivity index (χ2v) is 4.75. The van der Waals surface area contributed by atoms with Crippen molar-refractivity contribution in [3.8, 4) is 0 Å². The second-order valence-electron chi connectivity index (χ2n) is 4.75. The molecule has 0 aliphatic carbocycles. The summed E-state index contributed by atoms with van der Waals surface area (Å²) in [7, 11) is 1.83. The Balaban J connectivity index is 2.17. The van der Waals surface area contributed by atoms with Crippen LogP contribution in [0.2, 0.25) is 0 Å². The highest BCUT2D eigenvalue weighted by Crippen LogP contribution is 2.21. The van der Waals surface area contributed by atoms with E-state index in [2.05, 4.69) is 10.1 Å². The fourth-order valence-corrected chi connectivity index (χ4v) is 2.43. The zero-order valence-electron chi connectivity index (χ0n) is 11.5. The van der Waals surface area contributed by atoms with Crippen molar-refractivity contribution in [2.75, 3.05) is 0 Å². The number of aryl methyl sites for hydroxylation is 2. The van der Waals surface area contributed by atoms with Gasteiger partial charge in [0, 0.05) is 36.6 Å². The zero-order chi connectivity index (χ0) is 14.1. The summed E-state index contributed by atoms with van der Waals surface area (Å²) in [6.45, 7) is 2.00. The number of fused-ring (bicyclic) bond motifs is 1. The van der Waals surface area contributed by atoms with Crippen LogP contribution in [0.3, 0.4) is 0 Å². The Kier molecular flexibility index (Phi) is 3.06. The van der Waals surface area contributed by atoms with E-state index in [1.807, 2.05) is 38.2 Å². The summed E-state index contributed by atoms with van der Waals surface area (Å²) in [5.41, 5.74) is 2.12. The molecule has 0 radical (unpaired) electrons. The first kappa shape index (κ1) is 12.5. The van der Waals surface area contributed by atoms with Gasteiger partial charge in [-0.2, -0.15) is 5.10 Å². The fraction of sp³-hybridized carbons (Fsp3) is 0.188. The number of carbonyl (C=O) groups excluding carboxylic acids is 1. The van der Waals surface area contributed by atoms with E-state index >= 15 is 0 Å². The number of benzene rings is 1. The highest BCUT2D eigenvalue weighted by atomic mass is 16.1. The summed E-state index contributed by atoms with van der Waals surface area (Å²) in [6, 6.07) is 7.79. The Bertz CT molecular complexity index is 784. The number of ketones is 1. The molecule has 0 aliphatic rings. The van der Waals surface area contributed by atoms with Gasteiger partial charge in [-0.1, -0.05) is 31.2 Å². The molecule has 2 heterocycles. The first-order chi connectivity index (χ1) is 9.70. The van der Waals surface area contributed by atoms with Crippen LogP contribution in [0, 0.1) is 0 Å². The lowest BCUT2D eigenvalue weighted by atomic mass is 9.99. The lowest BCUT2D eigenvalue weighted by molar-refractivity contribution is 0.103. The maximum Gasteiger partial charge on any atom is 0.198 e. The van der Waals surface area contributed by atoms with Gasteiger partial charge in [0.2, 0.25) is 0 Å². The van der Waals surface area contributed by atoms with Crippen molar-refractivity contribution < 1.29 is 4.79 Å². The largest absolute Gasteiger partial charge is 0.288 e. The lowest BCUT2D eigenvalue weighted by Crippen LogP contribution is -2.04. The molecule has 3 aromatic rings. The predicted molar refractivity (Wildman–Crippen MR) is 77.8 cm³/mol. The summed E-state index contributed by atoms with van der Waals surface area (Å²) < 4.78 is 1.69. The van der Waals surface area contributed by atoms with Crippen LogP contribution in [0.25, 0.3) is 10.8 Å². The number of pyridine rings is 1. The highest BCUT2D eigenvalue weighted by molar-refractivity contribution is 6.16. The van der Waals surface area contributed by atoms with Gasteiger partial charge < -0.3 is 0 Å². The van der Waals surface area contributed by atoms with Crippen LogP contribution in [0.5, 0.6) is 0 Å². The predicted octanol–water partition coefficient (Wildman–Crippen LogP) is 2.76. The van der Waals surface area contributed by atoms with Crippen LogP contribution in [-0.4, -0.2) is 20.5 Å². The van der Waals surface area contributed by atoms with Gasteiger partial charge in [0.25, 0.3) is 0 Å². The maximum absolute atomic E-state index is 12.8. The molecule has 4 heteroatoms. The van der Waals surface area contributed by atoms with Crippen molar-refractivity contribution in [2.24, 2.45) is 7.05 Å². The van der Waals surface area contributed by atoms with Gasteiger partial charge in [0.1, 0.15) is 0 Å². The SMILES string of the molecule is CCc1nn(C)cc1C(=O)c1cncc2ccccc12. The zero-order valence-corrected chi connectivity index (χ0v) is 11.5. The molecule has 20 heavy (non-hydrogen) atoms. The molecule has 0 saturated carbocycles. The molecule has 0 bridgehead atoms. The Morgan fingerprint density at radius 3 is 2.80 bits per heavy atom. The smallest absolute Gasteiger partial charge is 0.198 e. The van der Waals surface area contributed by atoms with Crippen molar-refractivity contribution in [1.82, 2.24) is 14.8 Å². The average molecular weight is 265 g/mol. The molecule has 3 rings (SSSR count). The number of hydrogen-bond donors (Lipinski definition) is 0. The number of nitrogens with zero attached hydrogens (tertiary/aromatic N) is 3. The van der Waals surface area contributed by atoms with Gasteiger partial charge in [0.15, 0.2) is 5.78 Å². The number of aromatic nitrogens is 3. The summed E-state index contributed by atoms with van der Waals surface area (Å²) in [6.07, 6.45) is 5.93. The number of carbonyl (C=O) groups is 1. The normalized spacial score (nSPS) is 10.9. The highest BCUT2D eigenvalue weighted by Gasteiger charge is 2.18. The second kappa shape index (κ2) is 4.89. The minimum atomic E-state index is -0.0146. The van der Waals surface area contributed by atoms with Crippen LogP contribution in [0.1, 0.15) is 28.5 Å². The van der Waals surface area contributed by atoms with E-state index in [1.54, 1.807) is 23.3 Å². The minimum Gasteiger partial charge on any atom is -0.288 e.